The third-order valence-electron chi connectivity index (χ3n) is 7.09. The van der Waals surface area contributed by atoms with Gasteiger partial charge in [0.05, 0.1) is 19.0 Å². The summed E-state index contributed by atoms with van der Waals surface area (Å²) in [6, 6.07) is 2.03. The number of carbonyl (C=O) groups is 4. The molecule has 4 amide bonds. The van der Waals surface area contributed by atoms with Crippen LogP contribution in [0.2, 0.25) is 5.02 Å². The summed E-state index contributed by atoms with van der Waals surface area (Å²) in [6.07, 6.45) is -0.216. The molecule has 4 bridgehead atoms. The summed E-state index contributed by atoms with van der Waals surface area (Å²) in [7, 11) is 0. The zero-order valence-electron chi connectivity index (χ0n) is 25.4. The number of oxazole rings is 1. The number of thiazole rings is 1. The topological polar surface area (TPSA) is 147 Å². The Labute approximate surface area is 264 Å². The van der Waals surface area contributed by atoms with Crippen LogP contribution >= 0.6 is 22.9 Å². The molecule has 3 aromatic rings. The minimum atomic E-state index is -0.644. The van der Waals surface area contributed by atoms with Crippen molar-refractivity contribution in [3.8, 4) is 0 Å². The molecule has 44 heavy (non-hydrogen) atoms. The van der Waals surface area contributed by atoms with Crippen molar-refractivity contribution in [1.29, 1.82) is 0 Å². The van der Waals surface area contributed by atoms with Gasteiger partial charge in [-0.05, 0) is 49.4 Å². The van der Waals surface area contributed by atoms with Crippen LogP contribution in [0.5, 0.6) is 0 Å². The second-order valence-corrected chi connectivity index (χ2v) is 12.9. The average Bonchev–Trinajstić information content (AvgIpc) is 3.55. The Morgan fingerprint density at radius 3 is 2.43 bits per heavy atom. The third kappa shape index (κ3) is 8.00. The van der Waals surface area contributed by atoms with Crippen LogP contribution in [-0.2, 0) is 16.0 Å². The van der Waals surface area contributed by atoms with Gasteiger partial charge in [0, 0.05) is 23.0 Å². The van der Waals surface area contributed by atoms with Gasteiger partial charge in [-0.2, -0.15) is 0 Å². The van der Waals surface area contributed by atoms with Crippen LogP contribution in [-0.4, -0.2) is 57.6 Å². The van der Waals surface area contributed by atoms with E-state index in [0.29, 0.717) is 10.6 Å². The number of amides is 4. The lowest BCUT2D eigenvalue weighted by molar-refractivity contribution is -0.136. The number of aromatic nitrogens is 2. The zero-order chi connectivity index (χ0) is 32.3. The Hall–Kier alpha value is -3.84. The molecule has 14 heteroatoms. The Morgan fingerprint density at radius 1 is 1.07 bits per heavy atom. The van der Waals surface area contributed by atoms with Crippen molar-refractivity contribution in [3.05, 3.63) is 68.0 Å². The molecular formula is C30H36ClFN6O5S. The van der Waals surface area contributed by atoms with E-state index in [0.717, 1.165) is 6.07 Å². The molecule has 3 atom stereocenters. The molecular weight excluding hydrogens is 611 g/mol. The number of halogens is 2. The van der Waals surface area contributed by atoms with Gasteiger partial charge in [0.2, 0.25) is 17.7 Å². The molecule has 0 radical (unpaired) electrons. The summed E-state index contributed by atoms with van der Waals surface area (Å²) >= 11 is 7.22. The van der Waals surface area contributed by atoms with E-state index in [2.05, 4.69) is 25.9 Å². The van der Waals surface area contributed by atoms with Gasteiger partial charge in [-0.3, -0.25) is 19.2 Å². The first-order chi connectivity index (χ1) is 20.7. The van der Waals surface area contributed by atoms with Crippen molar-refractivity contribution < 1.29 is 28.0 Å². The SMILES string of the molecule is Cc1oc2nc1C(=O)N[C@H](C)CN(C(=O)Cc1cc(F)cc(Cl)c1)CC(=O)N[C@@H](C(C)C)c1nc(cs1)C(=O)N[C@@H]2C(C)C. The van der Waals surface area contributed by atoms with Crippen molar-refractivity contribution >= 4 is 46.6 Å². The normalized spacial score (nSPS) is 20.2. The highest BCUT2D eigenvalue weighted by Gasteiger charge is 2.31. The molecule has 3 N–H and O–H groups in total. The number of fused-ring (bicyclic) bond motifs is 4. The van der Waals surface area contributed by atoms with E-state index in [1.54, 1.807) is 19.2 Å². The van der Waals surface area contributed by atoms with E-state index in [1.807, 2.05) is 27.7 Å². The maximum Gasteiger partial charge on any atom is 0.273 e. The van der Waals surface area contributed by atoms with E-state index in [4.69, 9.17) is 16.0 Å². The first-order valence-corrected chi connectivity index (χ1v) is 15.5. The summed E-state index contributed by atoms with van der Waals surface area (Å²) < 4.78 is 19.8. The smallest absolute Gasteiger partial charge is 0.273 e. The minimum Gasteiger partial charge on any atom is -0.443 e. The molecule has 1 aliphatic heterocycles. The van der Waals surface area contributed by atoms with Crippen molar-refractivity contribution in [2.75, 3.05) is 13.1 Å². The van der Waals surface area contributed by atoms with Gasteiger partial charge in [0.25, 0.3) is 11.8 Å². The van der Waals surface area contributed by atoms with E-state index in [9.17, 15) is 23.6 Å². The van der Waals surface area contributed by atoms with Crippen LogP contribution in [0.1, 0.15) is 89.9 Å². The Morgan fingerprint density at radius 2 is 1.77 bits per heavy atom. The van der Waals surface area contributed by atoms with Crippen LogP contribution in [0.3, 0.4) is 0 Å². The largest absolute Gasteiger partial charge is 0.443 e. The van der Waals surface area contributed by atoms with Crippen LogP contribution < -0.4 is 16.0 Å². The summed E-state index contributed by atoms with van der Waals surface area (Å²) in [5.74, 6) is -2.31. The number of benzene rings is 1. The highest BCUT2D eigenvalue weighted by Crippen LogP contribution is 2.27. The Balaban J connectivity index is 1.70. The van der Waals surface area contributed by atoms with E-state index >= 15 is 0 Å². The van der Waals surface area contributed by atoms with Crippen LogP contribution in [0.25, 0.3) is 0 Å². The van der Waals surface area contributed by atoms with Gasteiger partial charge >= 0.3 is 0 Å². The van der Waals surface area contributed by atoms with E-state index in [1.165, 1.54) is 28.4 Å². The fraction of sp³-hybridized carbons (Fsp3) is 0.467. The predicted molar refractivity (Wildman–Crippen MR) is 163 cm³/mol. The van der Waals surface area contributed by atoms with Crippen molar-refractivity contribution in [2.24, 2.45) is 11.8 Å². The van der Waals surface area contributed by atoms with Crippen molar-refractivity contribution in [3.63, 3.8) is 0 Å². The molecule has 0 fully saturated rings. The van der Waals surface area contributed by atoms with Gasteiger partial charge in [-0.25, -0.2) is 14.4 Å². The molecule has 1 aliphatic rings. The summed E-state index contributed by atoms with van der Waals surface area (Å²) in [6.45, 7) is 10.5. The Kier molecular flexibility index (Phi) is 10.4. The molecule has 3 heterocycles. The highest BCUT2D eigenvalue weighted by atomic mass is 35.5. The first kappa shape index (κ1) is 33.1. The lowest BCUT2D eigenvalue weighted by Gasteiger charge is -2.28. The van der Waals surface area contributed by atoms with Crippen LogP contribution in [0.4, 0.5) is 4.39 Å². The number of carbonyl (C=O) groups excluding carboxylic acids is 4. The van der Waals surface area contributed by atoms with E-state index in [-0.39, 0.29) is 59.4 Å². The number of nitrogens with zero attached hydrogens (tertiary/aromatic N) is 3. The lowest BCUT2D eigenvalue weighted by atomic mass is 10.0. The fourth-order valence-corrected chi connectivity index (χ4v) is 6.12. The fourth-order valence-electron chi connectivity index (χ4n) is 4.85. The number of aryl methyl sites for hydroxylation is 1. The van der Waals surface area contributed by atoms with Crippen molar-refractivity contribution in [2.45, 2.75) is 66.1 Å². The van der Waals surface area contributed by atoms with Gasteiger partial charge < -0.3 is 25.3 Å². The maximum absolute atomic E-state index is 14.0. The zero-order valence-corrected chi connectivity index (χ0v) is 26.9. The molecule has 0 saturated heterocycles. The molecule has 4 rings (SSSR count). The van der Waals surface area contributed by atoms with Crippen LogP contribution in [0.15, 0.2) is 28.0 Å². The van der Waals surface area contributed by atoms with Crippen LogP contribution in [0, 0.1) is 24.6 Å². The van der Waals surface area contributed by atoms with E-state index < -0.39 is 47.6 Å². The predicted octanol–water partition coefficient (Wildman–Crippen LogP) is 4.38. The number of hydrogen-bond donors (Lipinski definition) is 3. The van der Waals surface area contributed by atoms with Gasteiger partial charge in [0.15, 0.2) is 5.69 Å². The molecule has 0 spiro atoms. The standard InChI is InChI=1S/C30H36ClFN6O5S/c1-14(2)24-29-37-26(17(6)43-29)28(42)33-16(5)11-38(23(40)9-18-7-19(31)10-20(32)8-18)12-22(39)35-25(15(3)4)30-34-21(13-44-30)27(41)36-24/h7-8,10,13-16,24-25H,9,11-12H2,1-6H3,(H,33,42)(H,35,39)(H,36,41)/t16-,24-,25+/m1/s1. The maximum atomic E-state index is 14.0. The highest BCUT2D eigenvalue weighted by molar-refractivity contribution is 7.09. The second-order valence-electron chi connectivity index (χ2n) is 11.6. The summed E-state index contributed by atoms with van der Waals surface area (Å²) in [4.78, 5) is 63.6. The van der Waals surface area contributed by atoms with Gasteiger partial charge in [-0.15, -0.1) is 11.3 Å². The molecule has 0 unspecified atom stereocenters. The minimum absolute atomic E-state index is 0.0246. The lowest BCUT2D eigenvalue weighted by Crippen LogP contribution is -2.49. The third-order valence-corrected chi connectivity index (χ3v) is 8.23. The second kappa shape index (κ2) is 13.9. The molecule has 0 saturated carbocycles. The average molecular weight is 647 g/mol. The quantitative estimate of drug-likeness (QED) is 0.381. The number of hydrogen-bond acceptors (Lipinski definition) is 8. The summed E-state index contributed by atoms with van der Waals surface area (Å²) in [5, 5.41) is 11.0. The molecule has 236 valence electrons. The Bertz CT molecular complexity index is 1540. The molecule has 11 nitrogen and oxygen atoms in total. The van der Waals surface area contributed by atoms with Gasteiger partial charge in [-0.1, -0.05) is 39.3 Å². The first-order valence-electron chi connectivity index (χ1n) is 14.3. The van der Waals surface area contributed by atoms with Gasteiger partial charge in [0.1, 0.15) is 28.3 Å². The molecule has 1 aromatic carbocycles. The summed E-state index contributed by atoms with van der Waals surface area (Å²) in [5.41, 5.74) is 0.543. The molecule has 0 aliphatic carbocycles. The number of nitrogens with one attached hydrogen (secondary N) is 3. The number of rotatable bonds is 4. The van der Waals surface area contributed by atoms with Crippen molar-refractivity contribution in [1.82, 2.24) is 30.8 Å². The monoisotopic (exact) mass is 646 g/mol. The molecule has 2 aromatic heterocycles.